The second kappa shape index (κ2) is 7.90. The van der Waals surface area contributed by atoms with Crippen molar-refractivity contribution < 1.29 is 30.3 Å². The van der Waals surface area contributed by atoms with E-state index in [2.05, 4.69) is 0 Å². The highest BCUT2D eigenvalue weighted by molar-refractivity contribution is 7.89. The highest BCUT2D eigenvalue weighted by Gasteiger charge is 2.50. The van der Waals surface area contributed by atoms with E-state index in [1.165, 1.54) is 12.1 Å². The van der Waals surface area contributed by atoms with Gasteiger partial charge < -0.3 is 14.2 Å². The topological polar surface area (TPSA) is 105 Å². The zero-order valence-corrected chi connectivity index (χ0v) is 18.9. The number of carbonyl (C=O) groups is 1. The minimum atomic E-state index is -3.84. The van der Waals surface area contributed by atoms with Crippen LogP contribution in [0.25, 0.3) is 11.1 Å². The predicted molar refractivity (Wildman–Crippen MR) is 126 cm³/mol. The standard InChI is InChI=1S/C25H23NO6S.2H2/c1-30-21-7-5-16(11-20(21)17-3-2-4-19(13-17)33(26,28)29)12-24(27)25(9-10-25)18-6-8-22-23(14-18)32-15-31-22;;/h2-8,11,13-14H,9-10,12,15H2,1H3,(H2,26,28,29);2*1H. The summed E-state index contributed by atoms with van der Waals surface area (Å²) in [7, 11) is -2.29. The van der Waals surface area contributed by atoms with Crippen LogP contribution in [0, 0.1) is 0 Å². The number of fused-ring (bicyclic) bond motifs is 1. The Kier molecular flexibility index (Phi) is 5.14. The molecule has 1 heterocycles. The van der Waals surface area contributed by atoms with Gasteiger partial charge in [0.05, 0.1) is 17.4 Å². The van der Waals surface area contributed by atoms with E-state index in [1.807, 2.05) is 30.3 Å². The summed E-state index contributed by atoms with van der Waals surface area (Å²) in [6, 6.07) is 17.6. The van der Waals surface area contributed by atoms with Crippen LogP contribution < -0.4 is 19.3 Å². The summed E-state index contributed by atoms with van der Waals surface area (Å²) in [5.41, 5.74) is 2.61. The molecular formula is C25H27NO6S. The molecule has 0 spiro atoms. The van der Waals surface area contributed by atoms with E-state index in [0.29, 0.717) is 28.4 Å². The lowest BCUT2D eigenvalue weighted by molar-refractivity contribution is -0.120. The highest BCUT2D eigenvalue weighted by atomic mass is 32.2. The third kappa shape index (κ3) is 3.96. The van der Waals surface area contributed by atoms with Gasteiger partial charge in [0.2, 0.25) is 16.8 Å². The van der Waals surface area contributed by atoms with Gasteiger partial charge in [-0.2, -0.15) is 0 Å². The van der Waals surface area contributed by atoms with E-state index in [1.54, 1.807) is 25.3 Å². The molecule has 1 saturated carbocycles. The van der Waals surface area contributed by atoms with E-state index < -0.39 is 15.4 Å². The number of carbonyl (C=O) groups excluding carboxylic acids is 1. The molecule has 0 aromatic heterocycles. The molecule has 33 heavy (non-hydrogen) atoms. The Balaban J connectivity index is 0.00000171. The number of primary sulfonamides is 1. The van der Waals surface area contributed by atoms with Crippen LogP contribution in [-0.2, 0) is 26.7 Å². The van der Waals surface area contributed by atoms with Gasteiger partial charge in [0, 0.05) is 14.8 Å². The zero-order chi connectivity index (χ0) is 23.2. The number of sulfonamides is 1. The molecule has 8 heteroatoms. The van der Waals surface area contributed by atoms with Crippen LogP contribution in [0.5, 0.6) is 17.2 Å². The predicted octanol–water partition coefficient (Wildman–Crippen LogP) is 4.07. The molecule has 0 bridgehead atoms. The fourth-order valence-corrected chi connectivity index (χ4v) is 4.89. The van der Waals surface area contributed by atoms with Gasteiger partial charge in [-0.15, -0.1) is 0 Å². The minimum Gasteiger partial charge on any atom is -0.496 e. The maximum Gasteiger partial charge on any atom is 0.238 e. The minimum absolute atomic E-state index is 0. The molecule has 3 aromatic rings. The van der Waals surface area contributed by atoms with Gasteiger partial charge >= 0.3 is 0 Å². The van der Waals surface area contributed by atoms with Gasteiger partial charge in [0.1, 0.15) is 11.5 Å². The lowest BCUT2D eigenvalue weighted by Gasteiger charge is -2.16. The largest absolute Gasteiger partial charge is 0.496 e. The molecule has 0 radical (unpaired) electrons. The molecule has 1 fully saturated rings. The van der Waals surface area contributed by atoms with Crippen molar-refractivity contribution >= 4 is 15.8 Å². The molecule has 1 aliphatic heterocycles. The average molecular weight is 470 g/mol. The molecule has 3 aromatic carbocycles. The number of benzene rings is 3. The normalized spacial score (nSPS) is 15.8. The summed E-state index contributed by atoms with van der Waals surface area (Å²) in [6.45, 7) is 0.195. The van der Waals surface area contributed by atoms with Crippen molar-refractivity contribution in [2.45, 2.75) is 29.6 Å². The molecule has 0 amide bonds. The first-order valence-electron chi connectivity index (χ1n) is 10.5. The van der Waals surface area contributed by atoms with Crippen molar-refractivity contribution in [3.05, 3.63) is 71.8 Å². The van der Waals surface area contributed by atoms with Crippen LogP contribution in [0.1, 0.15) is 26.8 Å². The van der Waals surface area contributed by atoms with Crippen molar-refractivity contribution in [1.82, 2.24) is 0 Å². The maximum atomic E-state index is 13.4. The zero-order valence-electron chi connectivity index (χ0n) is 18.0. The number of ketones is 1. The molecule has 2 N–H and O–H groups in total. The van der Waals surface area contributed by atoms with Crippen molar-refractivity contribution in [1.29, 1.82) is 0 Å². The summed E-state index contributed by atoms with van der Waals surface area (Å²) in [6.07, 6.45) is 1.84. The quantitative estimate of drug-likeness (QED) is 0.559. The number of Topliss-reactive ketones (excluding diaryl/α,β-unsaturated/α-hetero) is 1. The third-order valence-corrected chi connectivity index (χ3v) is 7.22. The molecule has 0 saturated heterocycles. The third-order valence-electron chi connectivity index (χ3n) is 6.31. The number of ether oxygens (including phenoxy) is 3. The Labute approximate surface area is 195 Å². The van der Waals surface area contributed by atoms with Gasteiger partial charge in [0.15, 0.2) is 11.5 Å². The molecule has 0 atom stereocenters. The molecule has 7 nitrogen and oxygen atoms in total. The summed E-state index contributed by atoms with van der Waals surface area (Å²) in [5, 5.41) is 5.29. The van der Waals surface area contributed by atoms with Gasteiger partial charge in [-0.05, 0) is 65.9 Å². The molecule has 174 valence electrons. The summed E-state index contributed by atoms with van der Waals surface area (Å²) in [4.78, 5) is 13.4. The Morgan fingerprint density at radius 1 is 1.06 bits per heavy atom. The van der Waals surface area contributed by atoms with Gasteiger partial charge in [-0.3, -0.25) is 4.79 Å². The summed E-state index contributed by atoms with van der Waals surface area (Å²) < 4.78 is 39.9. The molecule has 5 rings (SSSR count). The number of nitrogens with two attached hydrogens (primary N) is 1. The Bertz CT molecular complexity index is 1370. The molecule has 0 unspecified atom stereocenters. The van der Waals surface area contributed by atoms with E-state index in [-0.39, 0.29) is 26.7 Å². The lowest BCUT2D eigenvalue weighted by Crippen LogP contribution is -2.22. The first-order valence-corrected chi connectivity index (χ1v) is 12.1. The lowest BCUT2D eigenvalue weighted by atomic mass is 9.87. The van der Waals surface area contributed by atoms with E-state index in [9.17, 15) is 13.2 Å². The van der Waals surface area contributed by atoms with E-state index in [4.69, 9.17) is 19.3 Å². The highest BCUT2D eigenvalue weighted by Crippen LogP contribution is 2.51. The molecular weight excluding hydrogens is 442 g/mol. The fourth-order valence-electron chi connectivity index (χ4n) is 4.33. The van der Waals surface area contributed by atoms with Gasteiger partial charge in [-0.1, -0.05) is 24.3 Å². The number of methoxy groups -OCH3 is 1. The Morgan fingerprint density at radius 2 is 1.85 bits per heavy atom. The number of rotatable bonds is 7. The van der Waals surface area contributed by atoms with Gasteiger partial charge in [0.25, 0.3) is 0 Å². The van der Waals surface area contributed by atoms with Crippen LogP contribution in [0.4, 0.5) is 0 Å². The van der Waals surface area contributed by atoms with Crippen molar-refractivity contribution in [3.8, 4) is 28.4 Å². The van der Waals surface area contributed by atoms with Gasteiger partial charge in [-0.25, -0.2) is 13.6 Å². The van der Waals surface area contributed by atoms with Crippen molar-refractivity contribution in [2.75, 3.05) is 13.9 Å². The summed E-state index contributed by atoms with van der Waals surface area (Å²) in [5.74, 6) is 2.09. The Hall–Kier alpha value is -3.36. The monoisotopic (exact) mass is 469 g/mol. The summed E-state index contributed by atoms with van der Waals surface area (Å²) >= 11 is 0. The molecule has 2 aliphatic rings. The van der Waals surface area contributed by atoms with Crippen LogP contribution in [-0.4, -0.2) is 28.1 Å². The average Bonchev–Trinajstić information content (AvgIpc) is 3.49. The fraction of sp³-hybridized carbons (Fsp3) is 0.240. The maximum absolute atomic E-state index is 13.4. The van der Waals surface area contributed by atoms with E-state index in [0.717, 1.165) is 24.0 Å². The van der Waals surface area contributed by atoms with E-state index >= 15 is 0 Å². The second-order valence-electron chi connectivity index (χ2n) is 8.36. The number of hydrogen-bond donors (Lipinski definition) is 1. The SMILES string of the molecule is COc1ccc(CC(=O)C2(c3ccc4c(c3)OCO4)CC2)cc1-c1cccc(S(N)(=O)=O)c1.[HH].[HH]. The first kappa shape index (κ1) is 21.5. The van der Waals surface area contributed by atoms with Crippen LogP contribution in [0.3, 0.4) is 0 Å². The van der Waals surface area contributed by atoms with Crippen molar-refractivity contribution in [3.63, 3.8) is 0 Å². The second-order valence-corrected chi connectivity index (χ2v) is 9.92. The molecule has 1 aliphatic carbocycles. The first-order chi connectivity index (χ1) is 15.8. The van der Waals surface area contributed by atoms with Crippen LogP contribution >= 0.6 is 0 Å². The Morgan fingerprint density at radius 3 is 2.58 bits per heavy atom. The smallest absolute Gasteiger partial charge is 0.238 e. The van der Waals surface area contributed by atoms with Crippen LogP contribution in [0.2, 0.25) is 0 Å². The van der Waals surface area contributed by atoms with Crippen molar-refractivity contribution in [2.24, 2.45) is 5.14 Å². The van der Waals surface area contributed by atoms with Crippen LogP contribution in [0.15, 0.2) is 65.6 Å². The number of hydrogen-bond acceptors (Lipinski definition) is 6.